The first-order chi connectivity index (χ1) is 9.88. The Bertz CT molecular complexity index is 485. The van der Waals surface area contributed by atoms with Crippen LogP contribution in [0.4, 0.5) is 5.95 Å². The second-order valence-electron chi connectivity index (χ2n) is 5.17. The highest BCUT2D eigenvalue weighted by atomic mass is 32.2. The van der Waals surface area contributed by atoms with E-state index >= 15 is 0 Å². The fourth-order valence-electron chi connectivity index (χ4n) is 2.79. The van der Waals surface area contributed by atoms with Crippen LogP contribution < -0.4 is 4.90 Å². The Kier molecular flexibility index (Phi) is 4.43. The minimum atomic E-state index is 0.258. The number of hydrogen-bond donors (Lipinski definition) is 0. The summed E-state index contributed by atoms with van der Waals surface area (Å²) in [4.78, 5) is 2.29. The standard InChI is InChI=1S/C13H19N5OS/c14-5-9-20-13-16-15-12(17-6-1-2-7-17)18(13)10-11-4-3-8-19-11/h11H,1-4,6-10H2/t11-/m1/s1. The Morgan fingerprint density at radius 2 is 2.15 bits per heavy atom. The summed E-state index contributed by atoms with van der Waals surface area (Å²) in [6.07, 6.45) is 4.92. The van der Waals surface area contributed by atoms with Crippen LogP contribution in [0.25, 0.3) is 0 Å². The Balaban J connectivity index is 1.80. The van der Waals surface area contributed by atoms with Crippen LogP contribution in [0.5, 0.6) is 0 Å². The molecule has 3 rings (SSSR count). The Labute approximate surface area is 123 Å². The molecule has 0 saturated carbocycles. The van der Waals surface area contributed by atoms with Crippen molar-refractivity contribution in [2.75, 3.05) is 30.3 Å². The van der Waals surface area contributed by atoms with Gasteiger partial charge in [-0.3, -0.25) is 4.57 Å². The van der Waals surface area contributed by atoms with Crippen molar-refractivity contribution in [3.8, 4) is 6.07 Å². The third-order valence-corrected chi connectivity index (χ3v) is 4.60. The molecule has 2 aliphatic rings. The van der Waals surface area contributed by atoms with Gasteiger partial charge < -0.3 is 9.64 Å². The van der Waals surface area contributed by atoms with Gasteiger partial charge in [0.1, 0.15) is 0 Å². The first-order valence-corrected chi connectivity index (χ1v) is 8.16. The summed E-state index contributed by atoms with van der Waals surface area (Å²) in [6.45, 7) is 3.75. The van der Waals surface area contributed by atoms with Gasteiger partial charge in [-0.2, -0.15) is 5.26 Å². The van der Waals surface area contributed by atoms with E-state index in [1.54, 1.807) is 0 Å². The van der Waals surface area contributed by atoms with Gasteiger partial charge in [0, 0.05) is 19.7 Å². The van der Waals surface area contributed by atoms with Crippen LogP contribution in [0.1, 0.15) is 25.7 Å². The minimum absolute atomic E-state index is 0.258. The first-order valence-electron chi connectivity index (χ1n) is 7.18. The van der Waals surface area contributed by atoms with Crippen LogP contribution in [0.2, 0.25) is 0 Å². The maximum atomic E-state index is 8.76. The van der Waals surface area contributed by atoms with Gasteiger partial charge in [0.05, 0.1) is 24.5 Å². The summed E-state index contributed by atoms with van der Waals surface area (Å²) < 4.78 is 7.88. The van der Waals surface area contributed by atoms with Crippen molar-refractivity contribution in [2.45, 2.75) is 43.5 Å². The van der Waals surface area contributed by atoms with E-state index in [0.29, 0.717) is 5.75 Å². The number of rotatable bonds is 5. The summed E-state index contributed by atoms with van der Waals surface area (Å²) >= 11 is 1.46. The fourth-order valence-corrected chi connectivity index (χ4v) is 3.39. The maximum Gasteiger partial charge on any atom is 0.228 e. The van der Waals surface area contributed by atoms with E-state index in [4.69, 9.17) is 10.00 Å². The molecule has 0 aliphatic carbocycles. The van der Waals surface area contributed by atoms with E-state index in [1.807, 2.05) is 0 Å². The zero-order chi connectivity index (χ0) is 13.8. The lowest BCUT2D eigenvalue weighted by molar-refractivity contribution is 0.0952. The van der Waals surface area contributed by atoms with E-state index in [1.165, 1.54) is 24.6 Å². The summed E-state index contributed by atoms with van der Waals surface area (Å²) in [5.74, 6) is 1.35. The minimum Gasteiger partial charge on any atom is -0.376 e. The van der Waals surface area contributed by atoms with Gasteiger partial charge in [0.25, 0.3) is 0 Å². The molecule has 0 N–H and O–H groups in total. The van der Waals surface area contributed by atoms with E-state index in [9.17, 15) is 0 Å². The SMILES string of the molecule is N#CCSc1nnc(N2CCCC2)n1C[C@H]1CCCO1. The third-order valence-electron chi connectivity index (χ3n) is 3.76. The van der Waals surface area contributed by atoms with Crippen LogP contribution in [-0.2, 0) is 11.3 Å². The molecule has 0 radical (unpaired) electrons. The van der Waals surface area contributed by atoms with Gasteiger partial charge in [0.2, 0.25) is 5.95 Å². The van der Waals surface area contributed by atoms with Crippen molar-refractivity contribution in [3.63, 3.8) is 0 Å². The number of thioether (sulfide) groups is 1. The van der Waals surface area contributed by atoms with Crippen LogP contribution in [0, 0.1) is 11.3 Å². The highest BCUT2D eigenvalue weighted by Gasteiger charge is 2.25. The monoisotopic (exact) mass is 293 g/mol. The average molecular weight is 293 g/mol. The van der Waals surface area contributed by atoms with Gasteiger partial charge in [-0.1, -0.05) is 11.8 Å². The Morgan fingerprint density at radius 3 is 2.85 bits per heavy atom. The Morgan fingerprint density at radius 1 is 1.30 bits per heavy atom. The van der Waals surface area contributed by atoms with Crippen molar-refractivity contribution in [3.05, 3.63) is 0 Å². The second kappa shape index (κ2) is 6.46. The highest BCUT2D eigenvalue weighted by Crippen LogP contribution is 2.26. The Hall–Kier alpha value is -1.26. The highest BCUT2D eigenvalue weighted by molar-refractivity contribution is 7.99. The first kappa shape index (κ1) is 13.7. The molecule has 2 saturated heterocycles. The molecule has 2 fully saturated rings. The molecule has 0 spiro atoms. The quantitative estimate of drug-likeness (QED) is 0.769. The van der Waals surface area contributed by atoms with Crippen molar-refractivity contribution in [1.82, 2.24) is 14.8 Å². The molecule has 3 heterocycles. The molecular formula is C13H19N5OS. The number of aromatic nitrogens is 3. The molecule has 6 nitrogen and oxygen atoms in total. The van der Waals surface area contributed by atoms with Crippen molar-refractivity contribution in [1.29, 1.82) is 5.26 Å². The van der Waals surface area contributed by atoms with E-state index in [-0.39, 0.29) is 6.10 Å². The molecular weight excluding hydrogens is 274 g/mol. The lowest BCUT2D eigenvalue weighted by atomic mass is 10.2. The maximum absolute atomic E-state index is 8.76. The molecule has 1 aromatic heterocycles. The normalized spacial score (nSPS) is 22.4. The predicted octanol–water partition coefficient (Wildman–Crippen LogP) is 1.67. The molecule has 1 atom stereocenters. The van der Waals surface area contributed by atoms with Gasteiger partial charge in [-0.05, 0) is 25.7 Å². The molecule has 108 valence electrons. The van der Waals surface area contributed by atoms with Crippen molar-refractivity contribution >= 4 is 17.7 Å². The topological polar surface area (TPSA) is 67.0 Å². The van der Waals surface area contributed by atoms with Gasteiger partial charge >= 0.3 is 0 Å². The third kappa shape index (κ3) is 2.91. The number of hydrogen-bond acceptors (Lipinski definition) is 6. The van der Waals surface area contributed by atoms with Crippen LogP contribution >= 0.6 is 11.8 Å². The number of nitriles is 1. The molecule has 0 unspecified atom stereocenters. The van der Waals surface area contributed by atoms with E-state index in [0.717, 1.165) is 50.2 Å². The lowest BCUT2D eigenvalue weighted by Gasteiger charge is -2.20. The largest absolute Gasteiger partial charge is 0.376 e. The average Bonchev–Trinajstić information content (AvgIpc) is 3.19. The zero-order valence-electron chi connectivity index (χ0n) is 11.5. The van der Waals surface area contributed by atoms with Crippen LogP contribution in [-0.4, -0.2) is 46.3 Å². The lowest BCUT2D eigenvalue weighted by Crippen LogP contribution is -2.25. The van der Waals surface area contributed by atoms with Crippen LogP contribution in [0.15, 0.2) is 5.16 Å². The van der Waals surface area contributed by atoms with Crippen molar-refractivity contribution in [2.24, 2.45) is 0 Å². The fraction of sp³-hybridized carbons (Fsp3) is 0.769. The van der Waals surface area contributed by atoms with Gasteiger partial charge in [-0.25, -0.2) is 0 Å². The molecule has 0 bridgehead atoms. The van der Waals surface area contributed by atoms with Crippen LogP contribution in [0.3, 0.4) is 0 Å². The predicted molar refractivity (Wildman–Crippen MR) is 76.8 cm³/mol. The molecule has 7 heteroatoms. The van der Waals surface area contributed by atoms with Gasteiger partial charge in [-0.15, -0.1) is 10.2 Å². The molecule has 2 aliphatic heterocycles. The summed E-state index contributed by atoms with van der Waals surface area (Å²) in [5, 5.41) is 18.2. The molecule has 20 heavy (non-hydrogen) atoms. The van der Waals surface area contributed by atoms with E-state index < -0.39 is 0 Å². The molecule has 0 aromatic carbocycles. The molecule has 0 amide bonds. The summed E-state index contributed by atoms with van der Waals surface area (Å²) in [6, 6.07) is 2.15. The summed E-state index contributed by atoms with van der Waals surface area (Å²) in [7, 11) is 0. The van der Waals surface area contributed by atoms with Gasteiger partial charge in [0.15, 0.2) is 5.16 Å². The molecule has 1 aromatic rings. The van der Waals surface area contributed by atoms with E-state index in [2.05, 4.69) is 25.7 Å². The zero-order valence-corrected chi connectivity index (χ0v) is 12.3. The second-order valence-corrected chi connectivity index (χ2v) is 6.11. The van der Waals surface area contributed by atoms with Crippen molar-refractivity contribution < 1.29 is 4.74 Å². The number of nitrogens with zero attached hydrogens (tertiary/aromatic N) is 5. The number of ether oxygens (including phenoxy) is 1. The summed E-state index contributed by atoms with van der Waals surface area (Å²) in [5.41, 5.74) is 0. The number of anilines is 1. The smallest absolute Gasteiger partial charge is 0.228 e.